The zero-order valence-corrected chi connectivity index (χ0v) is 15.5. The van der Waals surface area contributed by atoms with Crippen molar-refractivity contribution >= 4 is 40.6 Å². The molecule has 1 aromatic heterocycles. The van der Waals surface area contributed by atoms with Crippen LogP contribution in [0.3, 0.4) is 0 Å². The number of ketones is 1. The zero-order valence-electron chi connectivity index (χ0n) is 14.0. The van der Waals surface area contributed by atoms with Crippen molar-refractivity contribution in [3.05, 3.63) is 57.0 Å². The van der Waals surface area contributed by atoms with Crippen molar-refractivity contribution < 1.29 is 23.5 Å². The van der Waals surface area contributed by atoms with Crippen molar-refractivity contribution in [3.8, 4) is 0 Å². The predicted octanol–water partition coefficient (Wildman–Crippen LogP) is 3.75. The fourth-order valence-corrected chi connectivity index (χ4v) is 3.06. The average molecular weight is 398 g/mol. The van der Waals surface area contributed by atoms with Gasteiger partial charge in [0, 0.05) is 13.0 Å². The number of hydrogen-bond acceptors (Lipinski definition) is 5. The Labute approximate surface area is 159 Å². The zero-order chi connectivity index (χ0) is 19.1. The summed E-state index contributed by atoms with van der Waals surface area (Å²) in [4.78, 5) is 36.1. The molecular formula is C18H17ClFNO4S. The first kappa shape index (κ1) is 20.1. The largest absolute Gasteiger partial charge is 0.453 e. The maximum atomic E-state index is 12.8. The third kappa shape index (κ3) is 6.24. The second-order valence-electron chi connectivity index (χ2n) is 5.50. The highest BCUT2D eigenvalue weighted by Crippen LogP contribution is 2.23. The monoisotopic (exact) mass is 397 g/mol. The third-order valence-corrected chi connectivity index (χ3v) is 4.73. The fraction of sp³-hybridized carbons (Fsp3) is 0.278. The number of amides is 1. The smallest absolute Gasteiger partial charge is 0.307 e. The van der Waals surface area contributed by atoms with Gasteiger partial charge in [0.15, 0.2) is 11.9 Å². The van der Waals surface area contributed by atoms with E-state index in [1.165, 1.54) is 19.1 Å². The van der Waals surface area contributed by atoms with Crippen LogP contribution in [0, 0.1) is 5.82 Å². The SMILES string of the molecule is C[C@@H](OC(=O)CCC(=O)c1ccc(Cl)s1)C(=O)NCc1ccc(F)cc1. The first-order valence-corrected chi connectivity index (χ1v) is 9.05. The number of nitrogens with one attached hydrogen (secondary N) is 1. The molecule has 1 N–H and O–H groups in total. The van der Waals surface area contributed by atoms with Crippen LogP contribution in [-0.2, 0) is 20.9 Å². The Kier molecular flexibility index (Phi) is 7.29. The molecule has 26 heavy (non-hydrogen) atoms. The number of Topliss-reactive ketones (excluding diaryl/α,β-unsaturated/α-hetero) is 1. The Morgan fingerprint density at radius 1 is 1.15 bits per heavy atom. The molecule has 0 bridgehead atoms. The standard InChI is InChI=1S/C18H17ClFNO4S/c1-11(18(24)21-10-12-2-4-13(20)5-3-12)25-17(23)9-6-14(22)15-7-8-16(19)26-15/h2-5,7-8,11H,6,9-10H2,1H3,(H,21,24)/t11-/m1/s1. The van der Waals surface area contributed by atoms with Gasteiger partial charge in [-0.2, -0.15) is 0 Å². The minimum atomic E-state index is -0.991. The van der Waals surface area contributed by atoms with E-state index < -0.39 is 18.0 Å². The molecule has 1 amide bonds. The molecule has 0 aliphatic carbocycles. The molecular weight excluding hydrogens is 381 g/mol. The summed E-state index contributed by atoms with van der Waals surface area (Å²) in [6.45, 7) is 1.64. The summed E-state index contributed by atoms with van der Waals surface area (Å²) in [7, 11) is 0. The van der Waals surface area contributed by atoms with Gasteiger partial charge < -0.3 is 10.1 Å². The molecule has 2 rings (SSSR count). The van der Waals surface area contributed by atoms with Crippen LogP contribution in [0.4, 0.5) is 4.39 Å². The molecule has 2 aromatic rings. The van der Waals surface area contributed by atoms with Gasteiger partial charge in [-0.05, 0) is 36.8 Å². The molecule has 138 valence electrons. The van der Waals surface area contributed by atoms with Crippen molar-refractivity contribution in [3.63, 3.8) is 0 Å². The second kappa shape index (κ2) is 9.45. The van der Waals surface area contributed by atoms with Crippen molar-refractivity contribution in [1.82, 2.24) is 5.32 Å². The highest BCUT2D eigenvalue weighted by molar-refractivity contribution is 7.18. The molecule has 0 unspecified atom stereocenters. The van der Waals surface area contributed by atoms with E-state index in [4.69, 9.17) is 16.3 Å². The van der Waals surface area contributed by atoms with Crippen LogP contribution in [0.2, 0.25) is 4.34 Å². The van der Waals surface area contributed by atoms with Crippen molar-refractivity contribution in [2.75, 3.05) is 0 Å². The summed E-state index contributed by atoms with van der Waals surface area (Å²) in [5, 5.41) is 2.60. The number of carbonyl (C=O) groups excluding carboxylic acids is 3. The van der Waals surface area contributed by atoms with Crippen molar-refractivity contribution in [1.29, 1.82) is 0 Å². The number of benzene rings is 1. The maximum Gasteiger partial charge on any atom is 0.307 e. The van der Waals surface area contributed by atoms with E-state index in [0.717, 1.165) is 16.9 Å². The maximum absolute atomic E-state index is 12.8. The van der Waals surface area contributed by atoms with Gasteiger partial charge >= 0.3 is 5.97 Å². The van der Waals surface area contributed by atoms with Gasteiger partial charge in [-0.3, -0.25) is 14.4 Å². The van der Waals surface area contributed by atoms with Gasteiger partial charge in [0.1, 0.15) is 5.82 Å². The van der Waals surface area contributed by atoms with Crippen LogP contribution in [0.5, 0.6) is 0 Å². The number of ether oxygens (including phenoxy) is 1. The van der Waals surface area contributed by atoms with Crippen LogP contribution >= 0.6 is 22.9 Å². The lowest BCUT2D eigenvalue weighted by Gasteiger charge is -2.13. The number of rotatable bonds is 8. The van der Waals surface area contributed by atoms with Crippen LogP contribution in [0.1, 0.15) is 35.0 Å². The minimum absolute atomic E-state index is 0.0143. The molecule has 5 nitrogen and oxygen atoms in total. The van der Waals surface area contributed by atoms with Crippen LogP contribution in [0.25, 0.3) is 0 Å². The lowest BCUT2D eigenvalue weighted by atomic mass is 10.2. The van der Waals surface area contributed by atoms with Crippen LogP contribution < -0.4 is 5.32 Å². The molecule has 1 aromatic carbocycles. The first-order chi connectivity index (χ1) is 12.3. The Hall–Kier alpha value is -2.25. The summed E-state index contributed by atoms with van der Waals surface area (Å²) in [6, 6.07) is 8.91. The molecule has 1 atom stereocenters. The highest BCUT2D eigenvalue weighted by Gasteiger charge is 2.19. The minimum Gasteiger partial charge on any atom is -0.453 e. The molecule has 0 fully saturated rings. The van der Waals surface area contributed by atoms with Gasteiger partial charge in [-0.1, -0.05) is 23.7 Å². The van der Waals surface area contributed by atoms with E-state index in [-0.39, 0.29) is 31.0 Å². The van der Waals surface area contributed by atoms with E-state index in [1.807, 2.05) is 0 Å². The summed E-state index contributed by atoms with van der Waals surface area (Å²) < 4.78 is 18.3. The molecule has 1 heterocycles. The van der Waals surface area contributed by atoms with Gasteiger partial charge in [0.25, 0.3) is 5.91 Å². The Balaban J connectivity index is 1.72. The van der Waals surface area contributed by atoms with Gasteiger partial charge in [0.2, 0.25) is 0 Å². The van der Waals surface area contributed by atoms with Gasteiger partial charge in [-0.15, -0.1) is 11.3 Å². The van der Waals surface area contributed by atoms with Crippen molar-refractivity contribution in [2.24, 2.45) is 0 Å². The highest BCUT2D eigenvalue weighted by atomic mass is 35.5. The second-order valence-corrected chi connectivity index (χ2v) is 7.22. The van der Waals surface area contributed by atoms with Gasteiger partial charge in [0.05, 0.1) is 15.6 Å². The van der Waals surface area contributed by atoms with E-state index in [0.29, 0.717) is 9.21 Å². The summed E-state index contributed by atoms with van der Waals surface area (Å²) in [5.74, 6) is -1.67. The Morgan fingerprint density at radius 2 is 1.85 bits per heavy atom. The number of hydrogen-bond donors (Lipinski definition) is 1. The van der Waals surface area contributed by atoms with E-state index >= 15 is 0 Å². The normalized spacial score (nSPS) is 11.7. The summed E-state index contributed by atoms with van der Waals surface area (Å²) >= 11 is 6.91. The molecule has 0 aliphatic heterocycles. The Morgan fingerprint density at radius 3 is 2.46 bits per heavy atom. The third-order valence-electron chi connectivity index (χ3n) is 3.46. The molecule has 0 radical (unpaired) electrons. The van der Waals surface area contributed by atoms with Crippen LogP contribution in [-0.4, -0.2) is 23.8 Å². The molecule has 0 saturated carbocycles. The first-order valence-electron chi connectivity index (χ1n) is 7.85. The number of esters is 1. The molecule has 0 aliphatic rings. The number of thiophene rings is 1. The lowest BCUT2D eigenvalue weighted by Crippen LogP contribution is -2.35. The van der Waals surface area contributed by atoms with Crippen LogP contribution in [0.15, 0.2) is 36.4 Å². The molecule has 8 heteroatoms. The Bertz CT molecular complexity index is 791. The molecule has 0 saturated heterocycles. The van der Waals surface area contributed by atoms with E-state index in [1.54, 1.807) is 24.3 Å². The topological polar surface area (TPSA) is 72.5 Å². The number of halogens is 2. The predicted molar refractivity (Wildman–Crippen MR) is 96.7 cm³/mol. The van der Waals surface area contributed by atoms with E-state index in [2.05, 4.69) is 5.32 Å². The quantitative estimate of drug-likeness (QED) is 0.544. The average Bonchev–Trinajstić information content (AvgIpc) is 3.05. The summed E-state index contributed by atoms with van der Waals surface area (Å²) in [5.41, 5.74) is 0.721. The van der Waals surface area contributed by atoms with E-state index in [9.17, 15) is 18.8 Å². The van der Waals surface area contributed by atoms with Crippen molar-refractivity contribution in [2.45, 2.75) is 32.4 Å². The fourth-order valence-electron chi connectivity index (χ4n) is 2.05. The molecule has 0 spiro atoms. The number of carbonyl (C=O) groups is 3. The summed E-state index contributed by atoms with van der Waals surface area (Å²) in [6.07, 6.45) is -1.13. The lowest BCUT2D eigenvalue weighted by molar-refractivity contribution is -0.154. The van der Waals surface area contributed by atoms with Gasteiger partial charge in [-0.25, -0.2) is 4.39 Å².